The lowest BCUT2D eigenvalue weighted by Crippen LogP contribution is -2.06. The molecule has 0 spiro atoms. The van der Waals surface area contributed by atoms with Crippen LogP contribution in [0.4, 0.5) is 4.79 Å². The highest BCUT2D eigenvalue weighted by molar-refractivity contribution is 5.98. The van der Waals surface area contributed by atoms with Gasteiger partial charge in [0.15, 0.2) is 0 Å². The molecule has 0 bridgehead atoms. The summed E-state index contributed by atoms with van der Waals surface area (Å²) in [5.74, 6) is 1.48. The summed E-state index contributed by atoms with van der Waals surface area (Å²) in [7, 11) is 0. The standard InChI is InChI=1S/C31H29NO4/c1-20(2)22-12-5-6-14-24(22)25-15-8-16-26-27(30(32-29(25)26)36-31(33)34)17-9-19-35-28-18-7-11-21-10-3-4-13-23(21)28/h3-8,10-16,18,20,32H,9,17,19H2,1-2H3,(H,33,34). The number of ether oxygens (including phenoxy) is 2. The molecule has 5 heteroatoms. The van der Waals surface area contributed by atoms with E-state index in [1.54, 1.807) is 0 Å². The number of H-pyrrole nitrogens is 1. The number of aryl methyl sites for hydroxylation is 1. The predicted octanol–water partition coefficient (Wildman–Crippen LogP) is 8.18. The number of para-hydroxylation sites is 1. The number of carboxylic acid groups (broad SMARTS) is 1. The second-order valence-electron chi connectivity index (χ2n) is 9.20. The first-order valence-electron chi connectivity index (χ1n) is 12.3. The van der Waals surface area contributed by atoms with E-state index in [-0.39, 0.29) is 5.88 Å². The Labute approximate surface area is 210 Å². The average molecular weight is 480 g/mol. The second-order valence-corrected chi connectivity index (χ2v) is 9.20. The third kappa shape index (κ3) is 4.65. The smallest absolute Gasteiger partial charge is 0.493 e. The maximum atomic E-state index is 11.5. The Morgan fingerprint density at radius 3 is 2.39 bits per heavy atom. The molecule has 1 heterocycles. The number of aromatic amines is 1. The third-order valence-electron chi connectivity index (χ3n) is 6.54. The van der Waals surface area contributed by atoms with Crippen molar-refractivity contribution < 1.29 is 19.4 Å². The van der Waals surface area contributed by atoms with Gasteiger partial charge in [-0.3, -0.25) is 0 Å². The SMILES string of the molecule is CC(C)c1ccccc1-c1cccc2c(CCCOc3cccc4ccccc34)c(OC(=O)O)[nH]c12. The Balaban J connectivity index is 1.44. The molecule has 5 aromatic rings. The minimum absolute atomic E-state index is 0.275. The molecule has 1 aromatic heterocycles. The first kappa shape index (κ1) is 23.5. The van der Waals surface area contributed by atoms with E-state index in [0.717, 1.165) is 44.1 Å². The molecule has 0 aliphatic carbocycles. The lowest BCUT2D eigenvalue weighted by Gasteiger charge is -2.13. The number of aromatic nitrogens is 1. The molecule has 0 saturated heterocycles. The molecular formula is C31H29NO4. The minimum atomic E-state index is -1.33. The molecule has 5 rings (SSSR count). The summed E-state index contributed by atoms with van der Waals surface area (Å²) in [6.07, 6.45) is -0.0133. The second kappa shape index (κ2) is 10.2. The summed E-state index contributed by atoms with van der Waals surface area (Å²) in [5.41, 5.74) is 5.13. The number of benzene rings is 4. The Bertz CT molecular complexity index is 1530. The lowest BCUT2D eigenvalue weighted by molar-refractivity contribution is 0.142. The maximum Gasteiger partial charge on any atom is 0.512 e. The van der Waals surface area contributed by atoms with Crippen molar-refractivity contribution in [2.45, 2.75) is 32.6 Å². The van der Waals surface area contributed by atoms with Crippen LogP contribution >= 0.6 is 0 Å². The van der Waals surface area contributed by atoms with Gasteiger partial charge in [0, 0.05) is 21.9 Å². The van der Waals surface area contributed by atoms with Crippen LogP contribution in [0.3, 0.4) is 0 Å². The van der Waals surface area contributed by atoms with Gasteiger partial charge < -0.3 is 19.6 Å². The van der Waals surface area contributed by atoms with Gasteiger partial charge >= 0.3 is 6.16 Å². The van der Waals surface area contributed by atoms with Gasteiger partial charge in [-0.1, -0.05) is 92.7 Å². The molecule has 0 saturated carbocycles. The molecule has 0 radical (unpaired) electrons. The Kier molecular flexibility index (Phi) is 6.63. The molecule has 0 atom stereocenters. The van der Waals surface area contributed by atoms with Crippen LogP contribution in [0.2, 0.25) is 0 Å². The number of nitrogens with one attached hydrogen (secondary N) is 1. The monoisotopic (exact) mass is 479 g/mol. The van der Waals surface area contributed by atoms with Gasteiger partial charge in [-0.2, -0.15) is 0 Å². The van der Waals surface area contributed by atoms with Crippen molar-refractivity contribution in [1.29, 1.82) is 0 Å². The fraction of sp³-hybridized carbons (Fsp3) is 0.194. The summed E-state index contributed by atoms with van der Waals surface area (Å²) < 4.78 is 11.3. The number of hydrogen-bond donors (Lipinski definition) is 2. The largest absolute Gasteiger partial charge is 0.512 e. The summed E-state index contributed by atoms with van der Waals surface area (Å²) in [6.45, 7) is 4.85. The van der Waals surface area contributed by atoms with Crippen LogP contribution in [0.25, 0.3) is 32.8 Å². The van der Waals surface area contributed by atoms with Gasteiger partial charge in [0.25, 0.3) is 0 Å². The highest BCUT2D eigenvalue weighted by Crippen LogP contribution is 2.38. The lowest BCUT2D eigenvalue weighted by atomic mass is 9.91. The van der Waals surface area contributed by atoms with Crippen molar-refractivity contribution in [3.05, 3.63) is 96.1 Å². The van der Waals surface area contributed by atoms with E-state index in [4.69, 9.17) is 9.47 Å². The molecule has 36 heavy (non-hydrogen) atoms. The van der Waals surface area contributed by atoms with Crippen molar-refractivity contribution >= 4 is 27.8 Å². The van der Waals surface area contributed by atoms with Crippen LogP contribution in [-0.2, 0) is 6.42 Å². The highest BCUT2D eigenvalue weighted by atomic mass is 16.7. The van der Waals surface area contributed by atoms with Gasteiger partial charge in [-0.05, 0) is 41.3 Å². The Morgan fingerprint density at radius 1 is 0.861 bits per heavy atom. The zero-order chi connectivity index (χ0) is 25.1. The van der Waals surface area contributed by atoms with E-state index >= 15 is 0 Å². The van der Waals surface area contributed by atoms with Crippen molar-refractivity contribution in [3.8, 4) is 22.8 Å². The Morgan fingerprint density at radius 2 is 1.56 bits per heavy atom. The van der Waals surface area contributed by atoms with Crippen LogP contribution in [0.5, 0.6) is 11.6 Å². The number of fused-ring (bicyclic) bond motifs is 2. The van der Waals surface area contributed by atoms with Gasteiger partial charge in [0.2, 0.25) is 5.88 Å². The van der Waals surface area contributed by atoms with Crippen molar-refractivity contribution in [1.82, 2.24) is 4.98 Å². The normalized spacial score (nSPS) is 11.3. The Hall–Kier alpha value is -4.25. The molecule has 5 nitrogen and oxygen atoms in total. The number of hydrogen-bond acceptors (Lipinski definition) is 3. The molecule has 2 N–H and O–H groups in total. The van der Waals surface area contributed by atoms with E-state index in [9.17, 15) is 9.90 Å². The van der Waals surface area contributed by atoms with Gasteiger partial charge in [-0.15, -0.1) is 0 Å². The van der Waals surface area contributed by atoms with Gasteiger partial charge in [-0.25, -0.2) is 4.79 Å². The van der Waals surface area contributed by atoms with E-state index in [1.807, 2.05) is 48.5 Å². The molecule has 0 fully saturated rings. The highest BCUT2D eigenvalue weighted by Gasteiger charge is 2.19. The van der Waals surface area contributed by atoms with Crippen molar-refractivity contribution in [2.24, 2.45) is 0 Å². The van der Waals surface area contributed by atoms with Crippen LogP contribution in [0.15, 0.2) is 84.9 Å². The summed E-state index contributed by atoms with van der Waals surface area (Å²) in [6, 6.07) is 28.6. The van der Waals surface area contributed by atoms with Crippen molar-refractivity contribution in [3.63, 3.8) is 0 Å². The summed E-state index contributed by atoms with van der Waals surface area (Å²) in [4.78, 5) is 14.7. The number of carbonyl (C=O) groups is 1. The average Bonchev–Trinajstić information content (AvgIpc) is 3.23. The molecule has 182 valence electrons. The molecule has 0 unspecified atom stereocenters. The number of rotatable bonds is 8. The first-order valence-corrected chi connectivity index (χ1v) is 12.3. The predicted molar refractivity (Wildman–Crippen MR) is 144 cm³/mol. The van der Waals surface area contributed by atoms with Crippen LogP contribution in [0.1, 0.15) is 37.3 Å². The van der Waals surface area contributed by atoms with Crippen LogP contribution in [0, 0.1) is 0 Å². The zero-order valence-electron chi connectivity index (χ0n) is 20.5. The van der Waals surface area contributed by atoms with Crippen LogP contribution < -0.4 is 9.47 Å². The maximum absolute atomic E-state index is 11.5. The molecule has 0 amide bonds. The molecular weight excluding hydrogens is 450 g/mol. The van der Waals surface area contributed by atoms with E-state index in [0.29, 0.717) is 25.4 Å². The first-order chi connectivity index (χ1) is 17.5. The van der Waals surface area contributed by atoms with E-state index < -0.39 is 6.16 Å². The van der Waals surface area contributed by atoms with Crippen molar-refractivity contribution in [2.75, 3.05) is 6.61 Å². The summed E-state index contributed by atoms with van der Waals surface area (Å²) >= 11 is 0. The molecule has 0 aliphatic rings. The van der Waals surface area contributed by atoms with Crippen LogP contribution in [-0.4, -0.2) is 22.9 Å². The molecule has 0 aliphatic heterocycles. The quantitative estimate of drug-likeness (QED) is 0.174. The minimum Gasteiger partial charge on any atom is -0.493 e. The molecule has 4 aromatic carbocycles. The third-order valence-corrected chi connectivity index (χ3v) is 6.54. The van der Waals surface area contributed by atoms with Gasteiger partial charge in [0.1, 0.15) is 5.75 Å². The van der Waals surface area contributed by atoms with Gasteiger partial charge in [0.05, 0.1) is 12.1 Å². The fourth-order valence-electron chi connectivity index (χ4n) is 4.90. The zero-order valence-corrected chi connectivity index (χ0v) is 20.5. The topological polar surface area (TPSA) is 71.6 Å². The van der Waals surface area contributed by atoms with E-state index in [2.05, 4.69) is 55.2 Å². The van der Waals surface area contributed by atoms with E-state index in [1.165, 1.54) is 5.56 Å². The summed E-state index contributed by atoms with van der Waals surface area (Å²) in [5, 5.41) is 12.6. The fourth-order valence-corrected chi connectivity index (χ4v) is 4.90.